The molecule has 3 heterocycles. The molecule has 6 rings (SSSR count). The molecule has 35 heavy (non-hydrogen) atoms. The molecule has 176 valence electrons. The molecule has 0 spiro atoms. The smallest absolute Gasteiger partial charge is 0.264 e. The van der Waals surface area contributed by atoms with Crippen molar-refractivity contribution in [3.8, 4) is 11.1 Å². The molecule has 0 bridgehead atoms. The molecule has 4 aromatic rings. The predicted molar refractivity (Wildman–Crippen MR) is 141 cm³/mol. The lowest BCUT2D eigenvalue weighted by Gasteiger charge is -2.40. The monoisotopic (exact) mass is 481 g/mol. The van der Waals surface area contributed by atoms with Crippen molar-refractivity contribution in [1.82, 2.24) is 15.1 Å². The lowest BCUT2D eigenvalue weighted by molar-refractivity contribution is 0.0558. The topological polar surface area (TPSA) is 52.7 Å². The molecule has 0 saturated carbocycles. The van der Waals surface area contributed by atoms with Crippen LogP contribution in [0.4, 0.5) is 0 Å². The lowest BCUT2D eigenvalue weighted by atomic mass is 10.0. The number of nitrogens with zero attached hydrogens (tertiary/aromatic N) is 2. The SMILES string of the molecule is O=C(c1ccccc1)N1CCC(NC2CN(C(=O)c3cc4cc(-c5ccccc5)ccc4s3)C2)C1. The number of carbonyl (C=O) groups is 2. The Balaban J connectivity index is 1.04. The molecule has 3 aromatic carbocycles. The van der Waals surface area contributed by atoms with Gasteiger partial charge in [-0.15, -0.1) is 11.3 Å². The number of benzene rings is 3. The van der Waals surface area contributed by atoms with Crippen molar-refractivity contribution in [2.45, 2.75) is 18.5 Å². The summed E-state index contributed by atoms with van der Waals surface area (Å²) in [4.78, 5) is 30.4. The molecule has 2 saturated heterocycles. The van der Waals surface area contributed by atoms with Crippen LogP contribution in [0, 0.1) is 0 Å². The minimum atomic E-state index is 0.0977. The Bertz CT molecular complexity index is 1360. The molecule has 5 nitrogen and oxygen atoms in total. The van der Waals surface area contributed by atoms with E-state index in [0.29, 0.717) is 13.1 Å². The van der Waals surface area contributed by atoms with Gasteiger partial charge in [0.05, 0.1) is 4.88 Å². The Morgan fingerprint density at radius 1 is 0.743 bits per heavy atom. The third-order valence-corrected chi connectivity index (χ3v) is 8.07. The summed E-state index contributed by atoms with van der Waals surface area (Å²) in [6.07, 6.45) is 0.948. The molecule has 1 atom stereocenters. The van der Waals surface area contributed by atoms with Crippen molar-refractivity contribution in [1.29, 1.82) is 0 Å². The van der Waals surface area contributed by atoms with E-state index in [1.807, 2.05) is 64.4 Å². The molecule has 0 aliphatic carbocycles. The number of rotatable bonds is 5. The van der Waals surface area contributed by atoms with Gasteiger partial charge in [-0.3, -0.25) is 9.59 Å². The fourth-order valence-corrected chi connectivity index (χ4v) is 6.05. The summed E-state index contributed by atoms with van der Waals surface area (Å²) in [6, 6.07) is 28.8. The minimum Gasteiger partial charge on any atom is -0.337 e. The fourth-order valence-electron chi connectivity index (χ4n) is 5.04. The fraction of sp³-hybridized carbons (Fsp3) is 0.241. The van der Waals surface area contributed by atoms with Gasteiger partial charge in [-0.1, -0.05) is 54.6 Å². The van der Waals surface area contributed by atoms with Gasteiger partial charge in [-0.25, -0.2) is 0 Å². The van der Waals surface area contributed by atoms with Crippen molar-refractivity contribution in [2.75, 3.05) is 26.2 Å². The second kappa shape index (κ2) is 9.29. The zero-order valence-electron chi connectivity index (χ0n) is 19.4. The van der Waals surface area contributed by atoms with E-state index >= 15 is 0 Å². The number of nitrogens with one attached hydrogen (secondary N) is 1. The Labute approximate surface area is 209 Å². The first-order chi connectivity index (χ1) is 17.1. The van der Waals surface area contributed by atoms with Crippen LogP contribution in [0.25, 0.3) is 21.2 Å². The zero-order valence-corrected chi connectivity index (χ0v) is 20.2. The molecule has 1 aromatic heterocycles. The first kappa shape index (κ1) is 22.0. The average Bonchev–Trinajstić information content (AvgIpc) is 3.53. The van der Waals surface area contributed by atoms with Crippen molar-refractivity contribution >= 4 is 33.2 Å². The van der Waals surface area contributed by atoms with Crippen LogP contribution in [0.3, 0.4) is 0 Å². The molecule has 2 aliphatic rings. The number of amides is 2. The van der Waals surface area contributed by atoms with Gasteiger partial charge in [0, 0.05) is 48.5 Å². The molecule has 2 fully saturated rings. The summed E-state index contributed by atoms with van der Waals surface area (Å²) in [5, 5.41) is 4.77. The highest BCUT2D eigenvalue weighted by Crippen LogP contribution is 2.31. The molecule has 1 N–H and O–H groups in total. The Morgan fingerprint density at radius 3 is 2.23 bits per heavy atom. The minimum absolute atomic E-state index is 0.0977. The Hall–Kier alpha value is -3.48. The standard InChI is InChI=1S/C29H27N3O2S/c33-28(21-9-5-2-6-10-21)31-14-13-24(17-31)30-25-18-32(19-25)29(34)27-16-23-15-22(11-12-26(23)35-27)20-7-3-1-4-8-20/h1-12,15-16,24-25,30H,13-14,17-19H2. The Kier molecular flexibility index (Phi) is 5.84. The number of likely N-dealkylation sites (tertiary alicyclic amines) is 2. The quantitative estimate of drug-likeness (QED) is 0.441. The van der Waals surface area contributed by atoms with E-state index in [0.717, 1.165) is 40.0 Å². The van der Waals surface area contributed by atoms with Crippen LogP contribution in [-0.4, -0.2) is 59.9 Å². The van der Waals surface area contributed by atoms with Crippen LogP contribution in [0.5, 0.6) is 0 Å². The van der Waals surface area contributed by atoms with Gasteiger partial charge >= 0.3 is 0 Å². The molecule has 2 amide bonds. The van der Waals surface area contributed by atoms with E-state index in [4.69, 9.17) is 0 Å². The highest BCUT2D eigenvalue weighted by atomic mass is 32.1. The first-order valence-corrected chi connectivity index (χ1v) is 12.9. The first-order valence-electron chi connectivity index (χ1n) is 12.1. The van der Waals surface area contributed by atoms with Crippen molar-refractivity contribution in [3.63, 3.8) is 0 Å². The van der Waals surface area contributed by atoms with Crippen LogP contribution in [0.1, 0.15) is 26.5 Å². The third-order valence-electron chi connectivity index (χ3n) is 6.97. The lowest BCUT2D eigenvalue weighted by Crippen LogP contribution is -2.61. The number of carbonyl (C=O) groups excluding carboxylic acids is 2. The average molecular weight is 482 g/mol. The van der Waals surface area contributed by atoms with E-state index < -0.39 is 0 Å². The van der Waals surface area contributed by atoms with Gasteiger partial charge in [0.2, 0.25) is 0 Å². The molecular formula is C29H27N3O2S. The normalized spacial score (nSPS) is 18.1. The van der Waals surface area contributed by atoms with Crippen LogP contribution < -0.4 is 5.32 Å². The molecule has 0 radical (unpaired) electrons. The number of fused-ring (bicyclic) bond motifs is 1. The van der Waals surface area contributed by atoms with E-state index in [1.165, 1.54) is 11.1 Å². The predicted octanol–water partition coefficient (Wildman–Crippen LogP) is 4.90. The van der Waals surface area contributed by atoms with Crippen LogP contribution in [-0.2, 0) is 0 Å². The highest BCUT2D eigenvalue weighted by molar-refractivity contribution is 7.20. The maximum Gasteiger partial charge on any atom is 0.264 e. The van der Waals surface area contributed by atoms with E-state index in [1.54, 1.807) is 11.3 Å². The number of hydrogen-bond acceptors (Lipinski definition) is 4. The summed E-state index contributed by atoms with van der Waals surface area (Å²) in [5.74, 6) is 0.207. The summed E-state index contributed by atoms with van der Waals surface area (Å²) in [7, 11) is 0. The van der Waals surface area contributed by atoms with Gasteiger partial charge in [0.1, 0.15) is 0 Å². The third kappa shape index (κ3) is 4.47. The van der Waals surface area contributed by atoms with Gasteiger partial charge in [0.25, 0.3) is 11.8 Å². The van der Waals surface area contributed by atoms with E-state index in [-0.39, 0.29) is 23.9 Å². The second-order valence-corrected chi connectivity index (χ2v) is 10.5. The maximum absolute atomic E-state index is 13.1. The van der Waals surface area contributed by atoms with Crippen LogP contribution >= 0.6 is 11.3 Å². The Morgan fingerprint density at radius 2 is 1.46 bits per heavy atom. The summed E-state index contributed by atoms with van der Waals surface area (Å²) < 4.78 is 1.14. The van der Waals surface area contributed by atoms with Crippen molar-refractivity contribution in [2.24, 2.45) is 0 Å². The number of thiophene rings is 1. The molecule has 6 heteroatoms. The van der Waals surface area contributed by atoms with Gasteiger partial charge in [-0.05, 0) is 53.3 Å². The second-order valence-electron chi connectivity index (χ2n) is 9.41. The summed E-state index contributed by atoms with van der Waals surface area (Å²) in [5.41, 5.74) is 3.09. The van der Waals surface area contributed by atoms with Crippen molar-refractivity contribution in [3.05, 3.63) is 95.4 Å². The summed E-state index contributed by atoms with van der Waals surface area (Å²) >= 11 is 1.57. The zero-order chi connectivity index (χ0) is 23.8. The van der Waals surface area contributed by atoms with Gasteiger partial charge in [-0.2, -0.15) is 0 Å². The van der Waals surface area contributed by atoms with Crippen LogP contribution in [0.15, 0.2) is 84.9 Å². The summed E-state index contributed by atoms with van der Waals surface area (Å²) in [6.45, 7) is 2.92. The van der Waals surface area contributed by atoms with E-state index in [2.05, 4.69) is 35.6 Å². The molecular weight excluding hydrogens is 454 g/mol. The van der Waals surface area contributed by atoms with Gasteiger partial charge < -0.3 is 15.1 Å². The van der Waals surface area contributed by atoms with Crippen molar-refractivity contribution < 1.29 is 9.59 Å². The molecule has 1 unspecified atom stereocenters. The molecule has 2 aliphatic heterocycles. The van der Waals surface area contributed by atoms with Crippen LogP contribution in [0.2, 0.25) is 0 Å². The maximum atomic E-state index is 13.1. The van der Waals surface area contributed by atoms with E-state index in [9.17, 15) is 9.59 Å². The largest absolute Gasteiger partial charge is 0.337 e. The van der Waals surface area contributed by atoms with Gasteiger partial charge in [0.15, 0.2) is 0 Å². The highest BCUT2D eigenvalue weighted by Gasteiger charge is 2.35. The number of hydrogen-bond donors (Lipinski definition) is 1.